The average Bonchev–Trinajstić information content (AvgIpc) is 2.57. The van der Waals surface area contributed by atoms with Crippen molar-refractivity contribution in [2.75, 3.05) is 26.6 Å². The molecule has 0 amide bonds. The van der Waals surface area contributed by atoms with E-state index in [1.54, 1.807) is 34.6 Å². The van der Waals surface area contributed by atoms with Gasteiger partial charge in [0.1, 0.15) is 4.47 Å². The molecule has 8 heteroatoms. The number of rotatable bonds is 6. The lowest BCUT2D eigenvalue weighted by molar-refractivity contribution is 0.324. The van der Waals surface area contributed by atoms with Crippen molar-refractivity contribution >= 4 is 21.6 Å². The molecule has 0 fully saturated rings. The van der Waals surface area contributed by atoms with Crippen LogP contribution in [-0.2, 0) is 13.6 Å². The molecule has 0 aliphatic heterocycles. The molecule has 0 aliphatic rings. The highest BCUT2D eigenvalue weighted by atomic mass is 79.9. The van der Waals surface area contributed by atoms with E-state index in [9.17, 15) is 4.79 Å². The molecule has 0 aliphatic carbocycles. The van der Waals surface area contributed by atoms with E-state index in [4.69, 9.17) is 14.2 Å². The summed E-state index contributed by atoms with van der Waals surface area (Å²) in [6, 6.07) is 3.69. The molecule has 1 aromatic carbocycles. The summed E-state index contributed by atoms with van der Waals surface area (Å²) in [5.74, 6) is 1.69. The van der Waals surface area contributed by atoms with Crippen molar-refractivity contribution in [3.8, 4) is 17.2 Å². The van der Waals surface area contributed by atoms with E-state index in [1.165, 1.54) is 4.68 Å². The molecule has 0 bridgehead atoms. The summed E-state index contributed by atoms with van der Waals surface area (Å²) < 4.78 is 17.6. The van der Waals surface area contributed by atoms with E-state index in [1.807, 2.05) is 12.1 Å². The first-order valence-corrected chi connectivity index (χ1v) is 7.55. The van der Waals surface area contributed by atoms with Crippen molar-refractivity contribution in [2.45, 2.75) is 6.54 Å². The molecule has 1 aromatic heterocycles. The summed E-state index contributed by atoms with van der Waals surface area (Å²) in [5.41, 5.74) is 1.31. The quantitative estimate of drug-likeness (QED) is 0.823. The van der Waals surface area contributed by atoms with Crippen LogP contribution < -0.4 is 25.1 Å². The van der Waals surface area contributed by atoms with Gasteiger partial charge in [-0.15, -0.1) is 0 Å². The van der Waals surface area contributed by atoms with Gasteiger partial charge in [0.25, 0.3) is 5.56 Å². The Morgan fingerprint density at radius 2 is 1.78 bits per heavy atom. The second-order valence-electron chi connectivity index (χ2n) is 4.69. The molecule has 2 rings (SSSR count). The Morgan fingerprint density at radius 3 is 2.30 bits per heavy atom. The lowest BCUT2D eigenvalue weighted by atomic mass is 10.1. The van der Waals surface area contributed by atoms with Gasteiger partial charge in [-0.3, -0.25) is 4.79 Å². The van der Waals surface area contributed by atoms with E-state index in [2.05, 4.69) is 26.3 Å². The van der Waals surface area contributed by atoms with Gasteiger partial charge >= 0.3 is 0 Å². The number of aryl methyl sites for hydroxylation is 1. The number of hydrogen-bond donors (Lipinski definition) is 1. The lowest BCUT2D eigenvalue weighted by Crippen LogP contribution is -2.21. The highest BCUT2D eigenvalue weighted by Gasteiger charge is 2.13. The van der Waals surface area contributed by atoms with Gasteiger partial charge in [0, 0.05) is 13.6 Å². The molecule has 0 atom stereocenters. The van der Waals surface area contributed by atoms with Gasteiger partial charge in [-0.25, -0.2) is 4.68 Å². The van der Waals surface area contributed by atoms with Crippen molar-refractivity contribution < 1.29 is 14.2 Å². The standard InChI is InChI=1S/C15H18BrN3O4/c1-19-15(20)13(16)10(8-18-19)17-7-9-5-11(21-2)14(23-4)12(6-9)22-3/h5-6,8,17H,7H2,1-4H3. The largest absolute Gasteiger partial charge is 0.493 e. The lowest BCUT2D eigenvalue weighted by Gasteiger charge is -2.15. The zero-order valence-electron chi connectivity index (χ0n) is 13.3. The van der Waals surface area contributed by atoms with E-state index in [-0.39, 0.29) is 5.56 Å². The van der Waals surface area contributed by atoms with Crippen LogP contribution in [0.1, 0.15) is 5.56 Å². The van der Waals surface area contributed by atoms with Gasteiger partial charge in [-0.2, -0.15) is 5.10 Å². The Morgan fingerprint density at radius 1 is 1.17 bits per heavy atom. The van der Waals surface area contributed by atoms with Crippen molar-refractivity contribution in [3.63, 3.8) is 0 Å². The molecule has 7 nitrogen and oxygen atoms in total. The normalized spacial score (nSPS) is 10.3. The summed E-state index contributed by atoms with van der Waals surface area (Å²) in [5, 5.41) is 7.15. The van der Waals surface area contributed by atoms with Crippen LogP contribution >= 0.6 is 15.9 Å². The minimum Gasteiger partial charge on any atom is -0.493 e. The third kappa shape index (κ3) is 3.58. The molecule has 2 aromatic rings. The Balaban J connectivity index is 2.27. The second kappa shape index (κ2) is 7.36. The predicted octanol–water partition coefficient (Wildman–Crippen LogP) is 2.18. The first-order chi connectivity index (χ1) is 11.0. The smallest absolute Gasteiger partial charge is 0.282 e. The molecule has 124 valence electrons. The second-order valence-corrected chi connectivity index (χ2v) is 5.48. The van der Waals surface area contributed by atoms with Crippen LogP contribution in [-0.4, -0.2) is 31.1 Å². The number of aromatic nitrogens is 2. The molecule has 1 N–H and O–H groups in total. The van der Waals surface area contributed by atoms with Crippen LogP contribution in [0.5, 0.6) is 17.2 Å². The zero-order valence-corrected chi connectivity index (χ0v) is 14.9. The van der Waals surface area contributed by atoms with Crippen LogP contribution in [0, 0.1) is 0 Å². The Hall–Kier alpha value is -2.22. The molecular weight excluding hydrogens is 366 g/mol. The monoisotopic (exact) mass is 383 g/mol. The molecule has 0 saturated carbocycles. The number of nitrogens with zero attached hydrogens (tertiary/aromatic N) is 2. The number of benzene rings is 1. The highest BCUT2D eigenvalue weighted by Crippen LogP contribution is 2.38. The van der Waals surface area contributed by atoms with Crippen LogP contribution in [0.15, 0.2) is 27.6 Å². The van der Waals surface area contributed by atoms with Crippen LogP contribution in [0.25, 0.3) is 0 Å². The SMILES string of the molecule is COc1cc(CNc2cnn(C)c(=O)c2Br)cc(OC)c1OC. The van der Waals surface area contributed by atoms with E-state index >= 15 is 0 Å². The fraction of sp³-hybridized carbons (Fsp3) is 0.333. The predicted molar refractivity (Wildman–Crippen MR) is 90.6 cm³/mol. The Labute approximate surface area is 142 Å². The minimum atomic E-state index is -0.208. The number of nitrogens with one attached hydrogen (secondary N) is 1. The first-order valence-electron chi connectivity index (χ1n) is 6.76. The molecular formula is C15H18BrN3O4. The summed E-state index contributed by atoms with van der Waals surface area (Å²) in [4.78, 5) is 11.8. The van der Waals surface area contributed by atoms with E-state index in [0.29, 0.717) is 34.0 Å². The Kier molecular flexibility index (Phi) is 5.49. The average molecular weight is 384 g/mol. The maximum absolute atomic E-state index is 11.8. The van der Waals surface area contributed by atoms with Gasteiger partial charge in [0.05, 0.1) is 33.2 Å². The van der Waals surface area contributed by atoms with Crippen LogP contribution in [0.3, 0.4) is 0 Å². The van der Waals surface area contributed by atoms with Crippen molar-refractivity contribution in [2.24, 2.45) is 7.05 Å². The highest BCUT2D eigenvalue weighted by molar-refractivity contribution is 9.10. The van der Waals surface area contributed by atoms with Crippen molar-refractivity contribution in [1.29, 1.82) is 0 Å². The first kappa shape index (κ1) is 17.1. The number of halogens is 1. The summed E-state index contributed by atoms with van der Waals surface area (Å²) >= 11 is 3.28. The topological polar surface area (TPSA) is 74.6 Å². The van der Waals surface area contributed by atoms with Crippen LogP contribution in [0.4, 0.5) is 5.69 Å². The minimum absolute atomic E-state index is 0.208. The van der Waals surface area contributed by atoms with Gasteiger partial charge in [-0.1, -0.05) is 0 Å². The molecule has 0 saturated heterocycles. The molecule has 0 unspecified atom stereocenters. The summed E-state index contributed by atoms with van der Waals surface area (Å²) in [7, 11) is 6.28. The molecule has 0 radical (unpaired) electrons. The third-order valence-corrected chi connectivity index (χ3v) is 4.05. The summed E-state index contributed by atoms with van der Waals surface area (Å²) in [6.45, 7) is 0.462. The maximum atomic E-state index is 11.8. The fourth-order valence-corrected chi connectivity index (χ4v) is 2.57. The third-order valence-electron chi connectivity index (χ3n) is 3.29. The number of ether oxygens (including phenoxy) is 3. The van der Waals surface area contributed by atoms with Gasteiger partial charge in [0.15, 0.2) is 11.5 Å². The van der Waals surface area contributed by atoms with Gasteiger partial charge in [0.2, 0.25) is 5.75 Å². The molecule has 0 spiro atoms. The fourth-order valence-electron chi connectivity index (χ4n) is 2.07. The molecule has 23 heavy (non-hydrogen) atoms. The zero-order chi connectivity index (χ0) is 17.0. The Bertz CT molecular complexity index is 736. The van der Waals surface area contributed by atoms with E-state index in [0.717, 1.165) is 5.56 Å². The number of anilines is 1. The van der Waals surface area contributed by atoms with Crippen molar-refractivity contribution in [1.82, 2.24) is 9.78 Å². The number of hydrogen-bond acceptors (Lipinski definition) is 6. The molecule has 1 heterocycles. The van der Waals surface area contributed by atoms with Gasteiger partial charge < -0.3 is 19.5 Å². The summed E-state index contributed by atoms with van der Waals surface area (Å²) in [6.07, 6.45) is 1.59. The number of methoxy groups -OCH3 is 3. The van der Waals surface area contributed by atoms with Crippen LogP contribution in [0.2, 0.25) is 0 Å². The van der Waals surface area contributed by atoms with Gasteiger partial charge in [-0.05, 0) is 33.6 Å². The van der Waals surface area contributed by atoms with Crippen molar-refractivity contribution in [3.05, 3.63) is 38.7 Å². The van der Waals surface area contributed by atoms with E-state index < -0.39 is 0 Å². The maximum Gasteiger partial charge on any atom is 0.282 e.